The van der Waals surface area contributed by atoms with Crippen LogP contribution in [0.25, 0.3) is 0 Å². The van der Waals surface area contributed by atoms with Crippen molar-refractivity contribution in [2.75, 3.05) is 10.7 Å². The second-order valence-corrected chi connectivity index (χ2v) is 6.61. The van der Waals surface area contributed by atoms with E-state index in [1.807, 2.05) is 0 Å². The zero-order valence-electron chi connectivity index (χ0n) is 9.58. The van der Waals surface area contributed by atoms with Gasteiger partial charge in [-0.3, -0.25) is 0 Å². The van der Waals surface area contributed by atoms with Crippen LogP contribution in [0.1, 0.15) is 40.5 Å². The van der Waals surface area contributed by atoms with E-state index in [4.69, 9.17) is 0 Å². The van der Waals surface area contributed by atoms with Crippen LogP contribution in [0.2, 0.25) is 0 Å². The van der Waals surface area contributed by atoms with E-state index in [1.165, 1.54) is 12.8 Å². The topological polar surface area (TPSA) is 0 Å². The summed E-state index contributed by atoms with van der Waals surface area (Å²) in [6.45, 7) is 9.45. The first-order valence-corrected chi connectivity index (χ1v) is 7.44. The highest BCUT2D eigenvalue weighted by atomic mass is 79.9. The second-order valence-electron chi connectivity index (χ2n) is 5.49. The molecule has 1 aliphatic carbocycles. The average molecular weight is 324 g/mol. The molecule has 1 rings (SSSR count). The summed E-state index contributed by atoms with van der Waals surface area (Å²) in [5.74, 6) is 0. The van der Waals surface area contributed by atoms with Crippen molar-refractivity contribution in [3.8, 4) is 0 Å². The van der Waals surface area contributed by atoms with Gasteiger partial charge in [-0.2, -0.15) is 0 Å². The van der Waals surface area contributed by atoms with Crippen LogP contribution in [0, 0.1) is 10.8 Å². The summed E-state index contributed by atoms with van der Waals surface area (Å²) in [4.78, 5) is 0. The molecule has 0 saturated heterocycles. The quantitative estimate of drug-likeness (QED) is 0.500. The Hall–Kier alpha value is 0.700. The van der Waals surface area contributed by atoms with Gasteiger partial charge in [-0.25, -0.2) is 0 Å². The van der Waals surface area contributed by atoms with Gasteiger partial charge < -0.3 is 0 Å². The molecule has 0 aromatic rings. The zero-order valence-corrected chi connectivity index (χ0v) is 12.8. The molecule has 0 atom stereocenters. The lowest BCUT2D eigenvalue weighted by molar-refractivity contribution is 0.264. The van der Waals surface area contributed by atoms with Crippen molar-refractivity contribution in [1.29, 1.82) is 0 Å². The van der Waals surface area contributed by atoms with Crippen LogP contribution in [0.3, 0.4) is 0 Å². The Morgan fingerprint density at radius 1 is 0.857 bits per heavy atom. The monoisotopic (exact) mass is 322 g/mol. The molecule has 0 saturated carbocycles. The molecular formula is C12H20Br2. The van der Waals surface area contributed by atoms with Crippen LogP contribution in [0.5, 0.6) is 0 Å². The smallest absolute Gasteiger partial charge is 0.0250 e. The molecule has 0 radical (unpaired) electrons. The Morgan fingerprint density at radius 3 is 1.36 bits per heavy atom. The molecule has 1 aliphatic rings. The fraction of sp³-hybridized carbons (Fsp3) is 0.833. The van der Waals surface area contributed by atoms with Crippen LogP contribution < -0.4 is 0 Å². The van der Waals surface area contributed by atoms with E-state index in [0.717, 1.165) is 10.7 Å². The fourth-order valence-electron chi connectivity index (χ4n) is 2.27. The Kier molecular flexibility index (Phi) is 3.91. The summed E-state index contributed by atoms with van der Waals surface area (Å²) in [5, 5.41) is 2.04. The lowest BCUT2D eigenvalue weighted by Gasteiger charge is -2.43. The SMILES string of the molecule is CC1(C)CCC(C)(C)C(CBr)=C1CBr. The van der Waals surface area contributed by atoms with E-state index in [-0.39, 0.29) is 0 Å². The maximum absolute atomic E-state index is 3.64. The molecule has 0 heterocycles. The number of hydrogen-bond donors (Lipinski definition) is 0. The van der Waals surface area contributed by atoms with Gasteiger partial charge in [-0.1, -0.05) is 70.7 Å². The van der Waals surface area contributed by atoms with Crippen LogP contribution in [0.4, 0.5) is 0 Å². The molecule has 0 amide bonds. The lowest BCUT2D eigenvalue weighted by Crippen LogP contribution is -2.32. The first kappa shape index (κ1) is 12.8. The molecular weight excluding hydrogens is 304 g/mol. The minimum absolute atomic E-state index is 0.377. The van der Waals surface area contributed by atoms with Gasteiger partial charge >= 0.3 is 0 Å². The van der Waals surface area contributed by atoms with Gasteiger partial charge in [0.25, 0.3) is 0 Å². The van der Waals surface area contributed by atoms with Gasteiger partial charge in [-0.05, 0) is 23.7 Å². The zero-order chi connectivity index (χ0) is 11.0. The molecule has 0 aliphatic heterocycles. The van der Waals surface area contributed by atoms with Crippen molar-refractivity contribution in [3.63, 3.8) is 0 Å². The predicted octanol–water partition coefficient (Wildman–Crippen LogP) is 4.92. The maximum Gasteiger partial charge on any atom is 0.0250 e. The van der Waals surface area contributed by atoms with Crippen molar-refractivity contribution in [2.24, 2.45) is 10.8 Å². The highest BCUT2D eigenvalue weighted by molar-refractivity contribution is 9.09. The minimum Gasteiger partial charge on any atom is -0.0880 e. The third-order valence-corrected chi connectivity index (χ3v) is 4.76. The Bertz CT molecular complexity index is 223. The van der Waals surface area contributed by atoms with Crippen molar-refractivity contribution in [3.05, 3.63) is 11.1 Å². The number of hydrogen-bond acceptors (Lipinski definition) is 0. The van der Waals surface area contributed by atoms with E-state index >= 15 is 0 Å². The largest absolute Gasteiger partial charge is 0.0880 e. The van der Waals surface area contributed by atoms with Crippen LogP contribution in [-0.2, 0) is 0 Å². The Labute approximate surface area is 105 Å². The molecule has 0 aromatic carbocycles. The van der Waals surface area contributed by atoms with Gasteiger partial charge in [-0.15, -0.1) is 0 Å². The van der Waals surface area contributed by atoms with E-state index < -0.39 is 0 Å². The number of allylic oxidation sites excluding steroid dienone is 2. The minimum atomic E-state index is 0.377. The summed E-state index contributed by atoms with van der Waals surface area (Å²) in [7, 11) is 0. The van der Waals surface area contributed by atoms with Crippen LogP contribution in [0.15, 0.2) is 11.1 Å². The second kappa shape index (κ2) is 4.29. The highest BCUT2D eigenvalue weighted by Crippen LogP contribution is 2.49. The molecule has 0 bridgehead atoms. The molecule has 14 heavy (non-hydrogen) atoms. The average Bonchev–Trinajstić information content (AvgIpc) is 2.09. The Morgan fingerprint density at radius 2 is 1.14 bits per heavy atom. The van der Waals surface area contributed by atoms with Gasteiger partial charge in [0.1, 0.15) is 0 Å². The summed E-state index contributed by atoms with van der Waals surface area (Å²) in [6, 6.07) is 0. The van der Waals surface area contributed by atoms with Crippen LogP contribution in [-0.4, -0.2) is 10.7 Å². The van der Waals surface area contributed by atoms with Crippen LogP contribution >= 0.6 is 31.9 Å². The van der Waals surface area contributed by atoms with E-state index in [1.54, 1.807) is 11.1 Å². The molecule has 0 N–H and O–H groups in total. The predicted molar refractivity (Wildman–Crippen MR) is 71.4 cm³/mol. The molecule has 0 spiro atoms. The first-order valence-electron chi connectivity index (χ1n) is 5.20. The summed E-state index contributed by atoms with van der Waals surface area (Å²) < 4.78 is 0. The number of halogens is 2. The maximum atomic E-state index is 3.64. The van der Waals surface area contributed by atoms with Gasteiger partial charge in [0.2, 0.25) is 0 Å². The van der Waals surface area contributed by atoms with Gasteiger partial charge in [0.05, 0.1) is 0 Å². The van der Waals surface area contributed by atoms with Gasteiger partial charge in [0, 0.05) is 10.7 Å². The number of rotatable bonds is 2. The summed E-state index contributed by atoms with van der Waals surface area (Å²) in [5.41, 5.74) is 3.96. The fourth-order valence-corrected chi connectivity index (χ4v) is 4.46. The molecule has 0 fully saturated rings. The molecule has 0 unspecified atom stereocenters. The van der Waals surface area contributed by atoms with Crippen molar-refractivity contribution in [2.45, 2.75) is 40.5 Å². The van der Waals surface area contributed by atoms with E-state index in [0.29, 0.717) is 10.8 Å². The lowest BCUT2D eigenvalue weighted by atomic mass is 9.64. The third-order valence-electron chi connectivity index (χ3n) is 3.64. The Balaban J connectivity index is 3.20. The van der Waals surface area contributed by atoms with E-state index in [9.17, 15) is 0 Å². The number of alkyl halides is 2. The van der Waals surface area contributed by atoms with Crippen molar-refractivity contribution in [1.82, 2.24) is 0 Å². The summed E-state index contributed by atoms with van der Waals surface area (Å²) >= 11 is 7.28. The third kappa shape index (κ3) is 2.27. The van der Waals surface area contributed by atoms with E-state index in [2.05, 4.69) is 59.6 Å². The van der Waals surface area contributed by atoms with Crippen molar-refractivity contribution >= 4 is 31.9 Å². The normalized spacial score (nSPS) is 25.3. The first-order chi connectivity index (χ1) is 6.35. The van der Waals surface area contributed by atoms with Gasteiger partial charge in [0.15, 0.2) is 0 Å². The summed E-state index contributed by atoms with van der Waals surface area (Å²) in [6.07, 6.45) is 2.61. The standard InChI is InChI=1S/C12H20Br2/c1-11(2)5-6-12(3,4)10(8-14)9(11)7-13/h5-8H2,1-4H3. The highest BCUT2D eigenvalue weighted by Gasteiger charge is 2.37. The van der Waals surface area contributed by atoms with Crippen molar-refractivity contribution < 1.29 is 0 Å². The molecule has 0 nitrogen and oxygen atoms in total. The molecule has 2 heteroatoms. The molecule has 0 aromatic heterocycles. The molecule has 82 valence electrons.